The van der Waals surface area contributed by atoms with Gasteiger partial charge in [-0.2, -0.15) is 11.3 Å². The topological polar surface area (TPSA) is 49.3 Å². The van der Waals surface area contributed by atoms with E-state index in [1.165, 1.54) is 5.56 Å². The van der Waals surface area contributed by atoms with E-state index in [1.54, 1.807) is 11.3 Å². The Morgan fingerprint density at radius 3 is 2.53 bits per heavy atom. The molecule has 0 spiro atoms. The summed E-state index contributed by atoms with van der Waals surface area (Å²) >= 11 is 1.65. The maximum Gasteiger partial charge on any atom is 0.224 e. The highest BCUT2D eigenvalue weighted by atomic mass is 32.1. The number of carbonyl (C=O) groups excluding carboxylic acids is 1. The van der Waals surface area contributed by atoms with Gasteiger partial charge in [0.1, 0.15) is 0 Å². The average molecular weight is 275 g/mol. The first-order chi connectivity index (χ1) is 9.28. The number of aryl methyl sites for hydroxylation is 1. The molecule has 0 saturated carbocycles. The second-order valence-corrected chi connectivity index (χ2v) is 5.13. The van der Waals surface area contributed by atoms with Gasteiger partial charge in [0.2, 0.25) is 5.91 Å². The third kappa shape index (κ3) is 4.50. The number of benzene rings is 1. The number of rotatable bonds is 6. The Labute approximate surface area is 116 Å². The quantitative estimate of drug-likeness (QED) is 0.851. The molecule has 19 heavy (non-hydrogen) atoms. The van der Waals surface area contributed by atoms with E-state index in [0.717, 1.165) is 17.7 Å². The van der Waals surface area contributed by atoms with Gasteiger partial charge in [-0.25, -0.2) is 0 Å². The molecule has 0 bridgehead atoms. The highest BCUT2D eigenvalue weighted by Gasteiger charge is 2.03. The largest absolute Gasteiger partial charge is 0.396 e. The van der Waals surface area contributed by atoms with Crippen LogP contribution in [-0.4, -0.2) is 17.6 Å². The molecule has 0 unspecified atom stereocenters. The van der Waals surface area contributed by atoms with Crippen LogP contribution in [0.5, 0.6) is 0 Å². The van der Waals surface area contributed by atoms with Gasteiger partial charge in [-0.1, -0.05) is 12.1 Å². The molecule has 1 aromatic heterocycles. The SMILES string of the molecule is O=C(CCc1ccsc1)Nc1ccc(CCO)cc1. The predicted octanol–water partition coefficient (Wildman–Crippen LogP) is 2.85. The summed E-state index contributed by atoms with van der Waals surface area (Å²) in [4.78, 5) is 11.8. The minimum absolute atomic E-state index is 0.0288. The smallest absolute Gasteiger partial charge is 0.224 e. The maximum absolute atomic E-state index is 11.8. The molecule has 4 heteroatoms. The second kappa shape index (κ2) is 7.07. The molecule has 0 aliphatic heterocycles. The summed E-state index contributed by atoms with van der Waals surface area (Å²) in [7, 11) is 0. The van der Waals surface area contributed by atoms with Crippen molar-refractivity contribution in [3.05, 3.63) is 52.2 Å². The van der Waals surface area contributed by atoms with Gasteiger partial charge in [0.25, 0.3) is 0 Å². The minimum Gasteiger partial charge on any atom is -0.396 e. The lowest BCUT2D eigenvalue weighted by Gasteiger charge is -2.06. The number of aliphatic hydroxyl groups excluding tert-OH is 1. The van der Waals surface area contributed by atoms with Crippen molar-refractivity contribution in [2.75, 3.05) is 11.9 Å². The first kappa shape index (κ1) is 13.8. The van der Waals surface area contributed by atoms with Crippen LogP contribution in [0.2, 0.25) is 0 Å². The minimum atomic E-state index is 0.0288. The first-order valence-corrected chi connectivity index (χ1v) is 7.23. The zero-order valence-electron chi connectivity index (χ0n) is 10.6. The van der Waals surface area contributed by atoms with Gasteiger partial charge in [0.05, 0.1) is 0 Å². The van der Waals surface area contributed by atoms with Crippen molar-refractivity contribution in [3.8, 4) is 0 Å². The van der Waals surface area contributed by atoms with Crippen LogP contribution in [0.4, 0.5) is 5.69 Å². The Balaban J connectivity index is 1.81. The monoisotopic (exact) mass is 275 g/mol. The zero-order chi connectivity index (χ0) is 13.5. The molecule has 0 saturated heterocycles. The molecule has 0 radical (unpaired) electrons. The summed E-state index contributed by atoms with van der Waals surface area (Å²) in [6, 6.07) is 9.62. The number of nitrogens with one attached hydrogen (secondary N) is 1. The van der Waals surface area contributed by atoms with E-state index in [-0.39, 0.29) is 12.5 Å². The fourth-order valence-electron chi connectivity index (χ4n) is 1.80. The molecule has 1 heterocycles. The van der Waals surface area contributed by atoms with Crippen molar-refractivity contribution in [1.29, 1.82) is 0 Å². The lowest BCUT2D eigenvalue weighted by Crippen LogP contribution is -2.12. The molecule has 0 aliphatic carbocycles. The summed E-state index contributed by atoms with van der Waals surface area (Å²) in [5.41, 5.74) is 3.08. The molecule has 0 atom stereocenters. The number of carbonyl (C=O) groups is 1. The molecule has 3 nitrogen and oxygen atoms in total. The Kier molecular flexibility index (Phi) is 5.12. The standard InChI is InChI=1S/C15H17NO2S/c17-9-7-12-1-4-14(5-2-12)16-15(18)6-3-13-8-10-19-11-13/h1-2,4-5,8,10-11,17H,3,6-7,9H2,(H,16,18). The number of anilines is 1. The maximum atomic E-state index is 11.8. The summed E-state index contributed by atoms with van der Waals surface area (Å²) in [5, 5.41) is 15.8. The highest BCUT2D eigenvalue weighted by Crippen LogP contribution is 2.12. The van der Waals surface area contributed by atoms with Crippen LogP contribution in [0.15, 0.2) is 41.1 Å². The molecule has 100 valence electrons. The predicted molar refractivity (Wildman–Crippen MR) is 78.5 cm³/mol. The van der Waals surface area contributed by atoms with Crippen LogP contribution in [-0.2, 0) is 17.6 Å². The summed E-state index contributed by atoms with van der Waals surface area (Å²) in [6.07, 6.45) is 1.92. The fourth-order valence-corrected chi connectivity index (χ4v) is 2.50. The summed E-state index contributed by atoms with van der Waals surface area (Å²) < 4.78 is 0. The molecule has 0 fully saturated rings. The Morgan fingerprint density at radius 2 is 1.89 bits per heavy atom. The van der Waals surface area contributed by atoms with Gasteiger partial charge in [-0.3, -0.25) is 4.79 Å². The van der Waals surface area contributed by atoms with E-state index in [4.69, 9.17) is 5.11 Å². The first-order valence-electron chi connectivity index (χ1n) is 6.28. The van der Waals surface area contributed by atoms with Gasteiger partial charge in [-0.15, -0.1) is 0 Å². The van der Waals surface area contributed by atoms with Gasteiger partial charge >= 0.3 is 0 Å². The van der Waals surface area contributed by atoms with E-state index in [0.29, 0.717) is 12.8 Å². The lowest BCUT2D eigenvalue weighted by molar-refractivity contribution is -0.116. The van der Waals surface area contributed by atoms with Crippen molar-refractivity contribution >= 4 is 22.9 Å². The van der Waals surface area contributed by atoms with Crippen LogP contribution in [0.25, 0.3) is 0 Å². The third-order valence-corrected chi connectivity index (χ3v) is 3.59. The van der Waals surface area contributed by atoms with Crippen molar-refractivity contribution in [2.24, 2.45) is 0 Å². The normalized spacial score (nSPS) is 10.4. The number of aliphatic hydroxyl groups is 1. The molecule has 2 rings (SSSR count). The highest BCUT2D eigenvalue weighted by molar-refractivity contribution is 7.07. The summed E-state index contributed by atoms with van der Waals surface area (Å²) in [5.74, 6) is 0.0288. The van der Waals surface area contributed by atoms with E-state index < -0.39 is 0 Å². The Hall–Kier alpha value is -1.65. The molecular formula is C15H17NO2S. The van der Waals surface area contributed by atoms with Crippen LogP contribution >= 0.6 is 11.3 Å². The molecule has 0 aliphatic rings. The molecule has 2 aromatic rings. The number of hydrogen-bond donors (Lipinski definition) is 2. The van der Waals surface area contributed by atoms with E-state index >= 15 is 0 Å². The van der Waals surface area contributed by atoms with Crippen LogP contribution in [0.1, 0.15) is 17.5 Å². The van der Waals surface area contributed by atoms with E-state index in [1.807, 2.05) is 35.7 Å². The molecule has 1 aromatic carbocycles. The van der Waals surface area contributed by atoms with Crippen molar-refractivity contribution in [2.45, 2.75) is 19.3 Å². The molecule has 2 N–H and O–H groups in total. The zero-order valence-corrected chi connectivity index (χ0v) is 11.5. The van der Waals surface area contributed by atoms with Crippen molar-refractivity contribution in [3.63, 3.8) is 0 Å². The van der Waals surface area contributed by atoms with Gasteiger partial charge in [0, 0.05) is 18.7 Å². The van der Waals surface area contributed by atoms with E-state index in [9.17, 15) is 4.79 Å². The number of thiophene rings is 1. The number of hydrogen-bond acceptors (Lipinski definition) is 3. The van der Waals surface area contributed by atoms with E-state index in [2.05, 4.69) is 10.7 Å². The molecular weight excluding hydrogens is 258 g/mol. The lowest BCUT2D eigenvalue weighted by atomic mass is 10.1. The average Bonchev–Trinajstić information content (AvgIpc) is 2.92. The van der Waals surface area contributed by atoms with Gasteiger partial charge in [-0.05, 0) is 52.9 Å². The van der Waals surface area contributed by atoms with Gasteiger partial charge in [0.15, 0.2) is 0 Å². The Bertz CT molecular complexity index is 505. The van der Waals surface area contributed by atoms with Gasteiger partial charge < -0.3 is 10.4 Å². The van der Waals surface area contributed by atoms with Crippen molar-refractivity contribution in [1.82, 2.24) is 0 Å². The third-order valence-electron chi connectivity index (χ3n) is 2.86. The van der Waals surface area contributed by atoms with Crippen LogP contribution in [0.3, 0.4) is 0 Å². The fraction of sp³-hybridized carbons (Fsp3) is 0.267. The second-order valence-electron chi connectivity index (χ2n) is 4.35. The Morgan fingerprint density at radius 1 is 1.11 bits per heavy atom. The van der Waals surface area contributed by atoms with Crippen LogP contribution < -0.4 is 5.32 Å². The summed E-state index contributed by atoms with van der Waals surface area (Å²) in [6.45, 7) is 0.145. The number of amides is 1. The molecule has 1 amide bonds. The van der Waals surface area contributed by atoms with Crippen LogP contribution in [0, 0.1) is 0 Å². The van der Waals surface area contributed by atoms with Crippen molar-refractivity contribution < 1.29 is 9.90 Å².